The Kier molecular flexibility index (Phi) is 6.01. The van der Waals surface area contributed by atoms with Crippen molar-refractivity contribution in [1.29, 1.82) is 0 Å². The summed E-state index contributed by atoms with van der Waals surface area (Å²) in [6.45, 7) is 6.32. The van der Waals surface area contributed by atoms with Crippen LogP contribution in [0.25, 0.3) is 0 Å². The molecule has 3 aromatic rings. The van der Waals surface area contributed by atoms with Crippen LogP contribution >= 0.6 is 0 Å². The second-order valence-electron chi connectivity index (χ2n) is 7.26. The standard InChI is InChI=1S/C21H22N4O4/c1-13(2)12-15-4-6-16(7-5-15)14(3)20-23-24-21(29-20)22-19(26)17-8-10-18(11-9-17)25(27)28/h4-11,13-14H,12H2,1-3H3,(H,22,24,26). The predicted octanol–water partition coefficient (Wildman–Crippen LogP) is 4.58. The minimum Gasteiger partial charge on any atom is -0.407 e. The molecule has 150 valence electrons. The fraction of sp³-hybridized carbons (Fsp3) is 0.286. The molecule has 0 radical (unpaired) electrons. The molecule has 0 aliphatic heterocycles. The molecular weight excluding hydrogens is 372 g/mol. The van der Waals surface area contributed by atoms with E-state index in [2.05, 4.69) is 41.5 Å². The Morgan fingerprint density at radius 3 is 2.31 bits per heavy atom. The number of carbonyl (C=O) groups is 1. The van der Waals surface area contributed by atoms with Gasteiger partial charge in [-0.3, -0.25) is 20.2 Å². The maximum Gasteiger partial charge on any atom is 0.322 e. The number of nitro groups is 1. The Labute approximate surface area is 168 Å². The number of nitrogens with one attached hydrogen (secondary N) is 1. The molecule has 1 aromatic heterocycles. The third-order valence-corrected chi connectivity index (χ3v) is 4.50. The quantitative estimate of drug-likeness (QED) is 0.464. The summed E-state index contributed by atoms with van der Waals surface area (Å²) in [5.41, 5.74) is 2.48. The molecule has 0 saturated heterocycles. The molecule has 0 aliphatic carbocycles. The molecule has 29 heavy (non-hydrogen) atoms. The van der Waals surface area contributed by atoms with Crippen molar-refractivity contribution in [2.45, 2.75) is 33.1 Å². The Hall–Kier alpha value is -3.55. The summed E-state index contributed by atoms with van der Waals surface area (Å²) in [5, 5.41) is 21.1. The molecule has 2 aromatic carbocycles. The lowest BCUT2D eigenvalue weighted by Crippen LogP contribution is -2.12. The number of hydrogen-bond donors (Lipinski definition) is 1. The lowest BCUT2D eigenvalue weighted by molar-refractivity contribution is -0.384. The number of non-ortho nitro benzene ring substituents is 1. The minimum absolute atomic E-state index is 0.0216. The van der Waals surface area contributed by atoms with E-state index in [9.17, 15) is 14.9 Å². The molecule has 1 atom stereocenters. The van der Waals surface area contributed by atoms with Crippen LogP contribution in [-0.2, 0) is 6.42 Å². The molecule has 0 aliphatic rings. The smallest absolute Gasteiger partial charge is 0.322 e. The minimum atomic E-state index is -0.525. The Bertz CT molecular complexity index is 994. The van der Waals surface area contributed by atoms with Gasteiger partial charge in [0.25, 0.3) is 11.6 Å². The third kappa shape index (κ3) is 5.04. The Morgan fingerprint density at radius 1 is 1.07 bits per heavy atom. The summed E-state index contributed by atoms with van der Waals surface area (Å²) in [6.07, 6.45) is 1.02. The highest BCUT2D eigenvalue weighted by Crippen LogP contribution is 2.25. The van der Waals surface area contributed by atoms with E-state index in [1.807, 2.05) is 19.1 Å². The van der Waals surface area contributed by atoms with Crippen molar-refractivity contribution in [2.75, 3.05) is 5.32 Å². The molecule has 1 amide bonds. The molecule has 0 bridgehead atoms. The first-order valence-electron chi connectivity index (χ1n) is 9.31. The number of hydrogen-bond acceptors (Lipinski definition) is 6. The van der Waals surface area contributed by atoms with E-state index < -0.39 is 10.8 Å². The van der Waals surface area contributed by atoms with Gasteiger partial charge in [0.2, 0.25) is 5.89 Å². The van der Waals surface area contributed by atoms with Crippen LogP contribution in [0.5, 0.6) is 0 Å². The van der Waals surface area contributed by atoms with Crippen molar-refractivity contribution in [2.24, 2.45) is 5.92 Å². The highest BCUT2D eigenvalue weighted by Gasteiger charge is 2.18. The summed E-state index contributed by atoms with van der Waals surface area (Å²) >= 11 is 0. The zero-order valence-corrected chi connectivity index (χ0v) is 16.5. The van der Waals surface area contributed by atoms with Gasteiger partial charge in [0.1, 0.15) is 0 Å². The van der Waals surface area contributed by atoms with E-state index in [4.69, 9.17) is 4.42 Å². The Morgan fingerprint density at radius 2 is 1.72 bits per heavy atom. The molecular formula is C21H22N4O4. The zero-order valence-electron chi connectivity index (χ0n) is 16.5. The first-order valence-corrected chi connectivity index (χ1v) is 9.31. The van der Waals surface area contributed by atoms with Gasteiger partial charge >= 0.3 is 6.01 Å². The van der Waals surface area contributed by atoms with E-state index in [0.717, 1.165) is 12.0 Å². The lowest BCUT2D eigenvalue weighted by atomic mass is 9.97. The lowest BCUT2D eigenvalue weighted by Gasteiger charge is -2.09. The fourth-order valence-corrected chi connectivity index (χ4v) is 2.92. The van der Waals surface area contributed by atoms with Gasteiger partial charge in [-0.15, -0.1) is 5.10 Å². The van der Waals surface area contributed by atoms with E-state index in [-0.39, 0.29) is 23.2 Å². The molecule has 8 nitrogen and oxygen atoms in total. The monoisotopic (exact) mass is 394 g/mol. The maximum atomic E-state index is 12.3. The summed E-state index contributed by atoms with van der Waals surface area (Å²) in [4.78, 5) is 22.4. The first-order chi connectivity index (χ1) is 13.8. The SMILES string of the molecule is CC(C)Cc1ccc(C(C)c2nnc(NC(=O)c3ccc([N+](=O)[O-])cc3)o2)cc1. The van der Waals surface area contributed by atoms with Crippen LogP contribution in [0.2, 0.25) is 0 Å². The molecule has 1 heterocycles. The van der Waals surface area contributed by atoms with Crippen LogP contribution in [0.4, 0.5) is 11.7 Å². The number of rotatable bonds is 7. The number of carbonyl (C=O) groups excluding carboxylic acids is 1. The van der Waals surface area contributed by atoms with Crippen LogP contribution in [0.3, 0.4) is 0 Å². The van der Waals surface area contributed by atoms with Gasteiger partial charge in [-0.1, -0.05) is 43.2 Å². The molecule has 1 unspecified atom stereocenters. The summed E-state index contributed by atoms with van der Waals surface area (Å²) in [6, 6.07) is 13.5. The highest BCUT2D eigenvalue weighted by atomic mass is 16.6. The van der Waals surface area contributed by atoms with Gasteiger partial charge in [0, 0.05) is 17.7 Å². The van der Waals surface area contributed by atoms with Crippen LogP contribution < -0.4 is 5.32 Å². The fourth-order valence-electron chi connectivity index (χ4n) is 2.92. The number of nitro benzene ring substituents is 1. The van der Waals surface area contributed by atoms with Crippen LogP contribution in [0.15, 0.2) is 52.9 Å². The van der Waals surface area contributed by atoms with Crippen LogP contribution in [0.1, 0.15) is 54.1 Å². The molecule has 8 heteroatoms. The molecule has 0 spiro atoms. The van der Waals surface area contributed by atoms with E-state index in [1.54, 1.807) is 0 Å². The van der Waals surface area contributed by atoms with Crippen molar-refractivity contribution >= 4 is 17.6 Å². The highest BCUT2D eigenvalue weighted by molar-refractivity contribution is 6.03. The van der Waals surface area contributed by atoms with Gasteiger partial charge in [-0.25, -0.2) is 0 Å². The largest absolute Gasteiger partial charge is 0.407 e. The molecule has 0 saturated carbocycles. The topological polar surface area (TPSA) is 111 Å². The normalized spacial score (nSPS) is 12.0. The number of amides is 1. The molecule has 0 fully saturated rings. The third-order valence-electron chi connectivity index (χ3n) is 4.50. The van der Waals surface area contributed by atoms with Gasteiger partial charge < -0.3 is 4.42 Å². The molecule has 1 N–H and O–H groups in total. The summed E-state index contributed by atoms with van der Waals surface area (Å²) < 4.78 is 5.59. The van der Waals surface area contributed by atoms with Crippen molar-refractivity contribution in [3.8, 4) is 0 Å². The van der Waals surface area contributed by atoms with Crippen LogP contribution in [-0.4, -0.2) is 21.0 Å². The number of nitrogens with zero attached hydrogens (tertiary/aromatic N) is 3. The van der Waals surface area contributed by atoms with Crippen molar-refractivity contribution in [3.63, 3.8) is 0 Å². The van der Waals surface area contributed by atoms with E-state index in [1.165, 1.54) is 29.8 Å². The summed E-state index contributed by atoms with van der Waals surface area (Å²) in [5.74, 6) is 0.373. The van der Waals surface area contributed by atoms with Crippen LogP contribution in [0, 0.1) is 16.0 Å². The van der Waals surface area contributed by atoms with Gasteiger partial charge in [-0.2, -0.15) is 0 Å². The average molecular weight is 394 g/mol. The molecule has 3 rings (SSSR count). The zero-order chi connectivity index (χ0) is 21.0. The van der Waals surface area contributed by atoms with Crippen molar-refractivity contribution in [1.82, 2.24) is 10.2 Å². The van der Waals surface area contributed by atoms with Crippen molar-refractivity contribution < 1.29 is 14.1 Å². The predicted molar refractivity (Wildman–Crippen MR) is 108 cm³/mol. The summed E-state index contributed by atoms with van der Waals surface area (Å²) in [7, 11) is 0. The van der Waals surface area contributed by atoms with Gasteiger partial charge in [0.15, 0.2) is 0 Å². The maximum absolute atomic E-state index is 12.3. The first kappa shape index (κ1) is 20.2. The average Bonchev–Trinajstić information content (AvgIpc) is 3.16. The van der Waals surface area contributed by atoms with E-state index >= 15 is 0 Å². The number of anilines is 1. The van der Waals surface area contributed by atoms with Gasteiger partial charge in [0.05, 0.1) is 10.8 Å². The number of aromatic nitrogens is 2. The van der Waals surface area contributed by atoms with E-state index in [0.29, 0.717) is 11.8 Å². The Balaban J connectivity index is 1.66. The van der Waals surface area contributed by atoms with Gasteiger partial charge in [-0.05, 0) is 42.5 Å². The van der Waals surface area contributed by atoms with Crippen molar-refractivity contribution in [3.05, 3.63) is 81.2 Å². The second kappa shape index (κ2) is 8.64. The number of benzene rings is 2. The second-order valence-corrected chi connectivity index (χ2v) is 7.26.